The number of carbonyl (C=O) groups excluding carboxylic acids is 1. The van der Waals surface area contributed by atoms with Crippen LogP contribution in [0.4, 0.5) is 5.69 Å². The summed E-state index contributed by atoms with van der Waals surface area (Å²) in [5, 5.41) is 8.73. The number of hydrogen-bond donors (Lipinski definition) is 2. The molecule has 0 radical (unpaired) electrons. The summed E-state index contributed by atoms with van der Waals surface area (Å²) in [6.07, 6.45) is 1.75. The molecule has 0 aliphatic heterocycles. The summed E-state index contributed by atoms with van der Waals surface area (Å²) in [4.78, 5) is 12.3. The van der Waals surface area contributed by atoms with Crippen molar-refractivity contribution in [1.82, 2.24) is 0 Å². The molecule has 7 heteroatoms. The number of carbonyl (C=O) groups is 1. The largest absolute Gasteiger partial charge is 0.464 e. The number of anilines is 1. The third-order valence-electron chi connectivity index (χ3n) is 4.16. The number of nitrogens with one attached hydrogen (secondary N) is 1. The molecule has 0 spiro atoms. The van der Waals surface area contributed by atoms with Crippen LogP contribution >= 0.6 is 0 Å². The van der Waals surface area contributed by atoms with Crippen LogP contribution in [0, 0.1) is 0 Å². The van der Waals surface area contributed by atoms with Crippen molar-refractivity contribution in [2.75, 3.05) is 5.32 Å². The first-order chi connectivity index (χ1) is 12.2. The molecule has 0 saturated heterocycles. The van der Waals surface area contributed by atoms with Gasteiger partial charge in [0, 0.05) is 16.6 Å². The van der Waals surface area contributed by atoms with Gasteiger partial charge < -0.3 is 9.73 Å². The zero-order valence-corrected chi connectivity index (χ0v) is 15.3. The van der Waals surface area contributed by atoms with Gasteiger partial charge in [-0.2, -0.15) is 0 Å². The lowest BCUT2D eigenvalue weighted by atomic mass is 10.00. The van der Waals surface area contributed by atoms with Crippen LogP contribution in [0.5, 0.6) is 0 Å². The Balaban J connectivity index is 1.76. The molecular weight excluding hydrogens is 352 g/mol. The van der Waals surface area contributed by atoms with E-state index in [1.54, 1.807) is 6.26 Å². The van der Waals surface area contributed by atoms with Crippen LogP contribution in [0.25, 0.3) is 11.0 Å². The van der Waals surface area contributed by atoms with Crippen LogP contribution < -0.4 is 10.5 Å². The number of hydrogen-bond acceptors (Lipinski definition) is 4. The first kappa shape index (κ1) is 18.2. The molecule has 3 N–H and O–H groups in total. The number of nitrogens with two attached hydrogens (primary N) is 1. The van der Waals surface area contributed by atoms with Crippen LogP contribution in [0.15, 0.2) is 58.0 Å². The lowest BCUT2D eigenvalue weighted by Gasteiger charge is -2.07. The van der Waals surface area contributed by atoms with Crippen molar-refractivity contribution in [3.8, 4) is 0 Å². The summed E-state index contributed by atoms with van der Waals surface area (Å²) in [7, 11) is -3.75. The Hall–Kier alpha value is -2.64. The predicted molar refractivity (Wildman–Crippen MR) is 100 cm³/mol. The van der Waals surface area contributed by atoms with E-state index in [9.17, 15) is 13.2 Å². The van der Waals surface area contributed by atoms with Crippen molar-refractivity contribution in [2.24, 2.45) is 5.14 Å². The number of sulfonamides is 1. The van der Waals surface area contributed by atoms with Crippen molar-refractivity contribution in [3.63, 3.8) is 0 Å². The number of benzene rings is 2. The van der Waals surface area contributed by atoms with E-state index in [0.717, 1.165) is 16.5 Å². The van der Waals surface area contributed by atoms with E-state index in [4.69, 9.17) is 9.56 Å². The standard InChI is InChI=1S/C19H20N2O4S/c1-12(2)13-3-8-18-17(9-13)14(11-25-18)10-19(22)21-15-4-6-16(7-5-15)26(20,23)24/h3-9,11-12H,10H2,1-2H3,(H,21,22)(H2,20,23,24). The van der Waals surface area contributed by atoms with E-state index < -0.39 is 10.0 Å². The molecule has 6 nitrogen and oxygen atoms in total. The van der Waals surface area contributed by atoms with Gasteiger partial charge in [0.05, 0.1) is 17.6 Å². The molecule has 0 fully saturated rings. The summed E-state index contributed by atoms with van der Waals surface area (Å²) in [5.41, 5.74) is 3.23. The average molecular weight is 372 g/mol. The van der Waals surface area contributed by atoms with Gasteiger partial charge in [-0.1, -0.05) is 19.9 Å². The molecule has 1 aromatic heterocycles. The summed E-state index contributed by atoms with van der Waals surface area (Å²) in [5.74, 6) is 0.166. The second-order valence-corrected chi connectivity index (χ2v) is 8.03. The second kappa shape index (κ2) is 6.93. The van der Waals surface area contributed by atoms with Crippen molar-refractivity contribution in [3.05, 3.63) is 59.9 Å². The summed E-state index contributed by atoms with van der Waals surface area (Å²) in [6, 6.07) is 11.7. The zero-order valence-electron chi connectivity index (χ0n) is 14.5. The number of rotatable bonds is 5. The number of amides is 1. The highest BCUT2D eigenvalue weighted by molar-refractivity contribution is 7.89. The van der Waals surface area contributed by atoms with E-state index >= 15 is 0 Å². The van der Waals surface area contributed by atoms with Crippen LogP contribution in [0.2, 0.25) is 0 Å². The second-order valence-electron chi connectivity index (χ2n) is 6.47. The fourth-order valence-electron chi connectivity index (χ4n) is 2.70. The van der Waals surface area contributed by atoms with Gasteiger partial charge in [-0.15, -0.1) is 0 Å². The molecule has 0 saturated carbocycles. The molecule has 136 valence electrons. The topological polar surface area (TPSA) is 102 Å². The van der Waals surface area contributed by atoms with Crippen molar-refractivity contribution >= 4 is 32.6 Å². The van der Waals surface area contributed by atoms with Crippen LogP contribution in [0.1, 0.15) is 30.9 Å². The number of primary sulfonamides is 1. The molecule has 0 atom stereocenters. The third-order valence-corrected chi connectivity index (χ3v) is 5.09. The first-order valence-electron chi connectivity index (χ1n) is 8.17. The van der Waals surface area contributed by atoms with E-state index in [-0.39, 0.29) is 17.2 Å². The third kappa shape index (κ3) is 3.95. The predicted octanol–water partition coefficient (Wildman–Crippen LogP) is 3.38. The quantitative estimate of drug-likeness (QED) is 0.716. The first-order valence-corrected chi connectivity index (χ1v) is 9.71. The van der Waals surface area contributed by atoms with Gasteiger partial charge >= 0.3 is 0 Å². The number of furan rings is 1. The van der Waals surface area contributed by atoms with Crippen LogP contribution in [-0.4, -0.2) is 14.3 Å². The molecule has 1 amide bonds. The highest BCUT2D eigenvalue weighted by Crippen LogP contribution is 2.26. The Labute approximate surface area is 152 Å². The molecule has 0 aliphatic carbocycles. The van der Waals surface area contributed by atoms with Gasteiger partial charge in [-0.3, -0.25) is 4.79 Å². The highest BCUT2D eigenvalue weighted by atomic mass is 32.2. The van der Waals surface area contributed by atoms with Crippen LogP contribution in [-0.2, 0) is 21.2 Å². The van der Waals surface area contributed by atoms with Gasteiger partial charge in [0.25, 0.3) is 0 Å². The molecule has 1 heterocycles. The normalized spacial score (nSPS) is 11.8. The molecular formula is C19H20N2O4S. The smallest absolute Gasteiger partial charge is 0.238 e. The SMILES string of the molecule is CC(C)c1ccc2occ(CC(=O)Nc3ccc(S(N)(=O)=O)cc3)c2c1. The van der Waals surface area contributed by atoms with E-state index in [0.29, 0.717) is 11.6 Å². The van der Waals surface area contributed by atoms with Gasteiger partial charge in [-0.05, 0) is 47.9 Å². The van der Waals surface area contributed by atoms with Gasteiger partial charge in [0.15, 0.2) is 0 Å². The molecule has 0 bridgehead atoms. The summed E-state index contributed by atoms with van der Waals surface area (Å²) < 4.78 is 28.0. The van der Waals surface area contributed by atoms with Gasteiger partial charge in [0.1, 0.15) is 5.58 Å². The monoisotopic (exact) mass is 372 g/mol. The Morgan fingerprint density at radius 2 is 1.85 bits per heavy atom. The van der Waals surface area contributed by atoms with Crippen molar-refractivity contribution in [2.45, 2.75) is 31.1 Å². The molecule has 3 rings (SSSR count). The molecule has 0 aliphatic rings. The lowest BCUT2D eigenvalue weighted by molar-refractivity contribution is -0.115. The lowest BCUT2D eigenvalue weighted by Crippen LogP contribution is -2.15. The fourth-order valence-corrected chi connectivity index (χ4v) is 3.22. The Morgan fingerprint density at radius 3 is 2.46 bits per heavy atom. The van der Waals surface area contributed by atoms with E-state index in [1.165, 1.54) is 29.8 Å². The average Bonchev–Trinajstić information content (AvgIpc) is 2.96. The fraction of sp³-hybridized carbons (Fsp3) is 0.211. The maximum Gasteiger partial charge on any atom is 0.238 e. The van der Waals surface area contributed by atoms with Gasteiger partial charge in [0.2, 0.25) is 15.9 Å². The van der Waals surface area contributed by atoms with E-state index in [1.807, 2.05) is 18.2 Å². The van der Waals surface area contributed by atoms with Gasteiger partial charge in [-0.25, -0.2) is 13.6 Å². The van der Waals surface area contributed by atoms with Crippen molar-refractivity contribution in [1.29, 1.82) is 0 Å². The molecule has 3 aromatic rings. The minimum atomic E-state index is -3.75. The minimum Gasteiger partial charge on any atom is -0.464 e. The Morgan fingerprint density at radius 1 is 1.15 bits per heavy atom. The number of fused-ring (bicyclic) bond motifs is 1. The minimum absolute atomic E-state index is 0.00228. The summed E-state index contributed by atoms with van der Waals surface area (Å²) >= 11 is 0. The molecule has 2 aromatic carbocycles. The summed E-state index contributed by atoms with van der Waals surface area (Å²) in [6.45, 7) is 4.22. The van der Waals surface area contributed by atoms with E-state index in [2.05, 4.69) is 19.2 Å². The van der Waals surface area contributed by atoms with Crippen LogP contribution in [0.3, 0.4) is 0 Å². The maximum absolute atomic E-state index is 12.3. The molecule has 0 unspecified atom stereocenters. The maximum atomic E-state index is 12.3. The molecule has 26 heavy (non-hydrogen) atoms. The zero-order chi connectivity index (χ0) is 18.9. The van der Waals surface area contributed by atoms with Crippen molar-refractivity contribution < 1.29 is 17.6 Å². The Kier molecular flexibility index (Phi) is 4.84. The highest BCUT2D eigenvalue weighted by Gasteiger charge is 2.13. The Bertz CT molecular complexity index is 1050.